The van der Waals surface area contributed by atoms with E-state index in [-0.39, 0.29) is 36.1 Å². The monoisotopic (exact) mass is 504 g/mol. The Bertz CT molecular complexity index is 653. The van der Waals surface area contributed by atoms with Gasteiger partial charge >= 0.3 is 6.09 Å². The molecule has 1 fully saturated rings. The number of rotatable bonds is 6. The van der Waals surface area contributed by atoms with Gasteiger partial charge in [0.2, 0.25) is 0 Å². The van der Waals surface area contributed by atoms with Gasteiger partial charge < -0.3 is 24.7 Å². The van der Waals surface area contributed by atoms with Crippen LogP contribution in [0.2, 0.25) is 0 Å². The molecular formula is C20H33IN4O3. The largest absolute Gasteiger partial charge is 0.469 e. The van der Waals surface area contributed by atoms with Crippen molar-refractivity contribution in [3.05, 3.63) is 36.3 Å². The van der Waals surface area contributed by atoms with E-state index in [2.05, 4.69) is 22.2 Å². The molecule has 28 heavy (non-hydrogen) atoms. The van der Waals surface area contributed by atoms with Gasteiger partial charge in [-0.25, -0.2) is 9.79 Å². The Hall–Kier alpha value is -1.71. The van der Waals surface area contributed by atoms with Gasteiger partial charge in [-0.3, -0.25) is 0 Å². The summed E-state index contributed by atoms with van der Waals surface area (Å²) in [5.74, 6) is 1.65. The first-order valence-corrected chi connectivity index (χ1v) is 9.42. The van der Waals surface area contributed by atoms with Gasteiger partial charge in [-0.2, -0.15) is 0 Å². The van der Waals surface area contributed by atoms with Crippen molar-refractivity contribution < 1.29 is 13.9 Å². The van der Waals surface area contributed by atoms with Crippen LogP contribution in [0.3, 0.4) is 0 Å². The van der Waals surface area contributed by atoms with Gasteiger partial charge in [-0.15, -0.1) is 24.0 Å². The highest BCUT2D eigenvalue weighted by molar-refractivity contribution is 14.0. The fourth-order valence-corrected chi connectivity index (χ4v) is 2.69. The van der Waals surface area contributed by atoms with E-state index in [4.69, 9.17) is 9.15 Å². The molecule has 7 nitrogen and oxygen atoms in total. The van der Waals surface area contributed by atoms with E-state index in [1.807, 2.05) is 39.8 Å². The number of aliphatic imine (C=N–C) groups is 1. The first-order chi connectivity index (χ1) is 12.7. The Morgan fingerprint density at radius 3 is 2.82 bits per heavy atom. The number of furan rings is 1. The van der Waals surface area contributed by atoms with Crippen molar-refractivity contribution in [2.75, 3.05) is 26.2 Å². The number of hydrogen-bond acceptors (Lipinski definition) is 4. The first kappa shape index (κ1) is 24.3. The highest BCUT2D eigenvalue weighted by Crippen LogP contribution is 2.15. The van der Waals surface area contributed by atoms with E-state index in [1.165, 1.54) is 0 Å². The highest BCUT2D eigenvalue weighted by atomic mass is 127. The molecule has 1 atom stereocenters. The summed E-state index contributed by atoms with van der Waals surface area (Å²) >= 11 is 0. The number of amides is 1. The van der Waals surface area contributed by atoms with Gasteiger partial charge in [-0.1, -0.05) is 12.2 Å². The Morgan fingerprint density at radius 2 is 2.21 bits per heavy atom. The zero-order chi connectivity index (χ0) is 19.9. The van der Waals surface area contributed by atoms with Crippen LogP contribution in [0.1, 0.15) is 39.9 Å². The molecule has 1 aromatic rings. The van der Waals surface area contributed by atoms with Crippen molar-refractivity contribution in [3.63, 3.8) is 0 Å². The van der Waals surface area contributed by atoms with Gasteiger partial charge in [0.25, 0.3) is 0 Å². The average Bonchev–Trinajstić information content (AvgIpc) is 3.22. The van der Waals surface area contributed by atoms with Gasteiger partial charge in [0, 0.05) is 32.1 Å². The predicted molar refractivity (Wildman–Crippen MR) is 122 cm³/mol. The molecule has 1 aromatic heterocycles. The second-order valence-corrected chi connectivity index (χ2v) is 7.93. The normalized spacial score (nSPS) is 17.1. The van der Waals surface area contributed by atoms with Crippen LogP contribution in [0.25, 0.3) is 0 Å². The van der Waals surface area contributed by atoms with Crippen molar-refractivity contribution >= 4 is 36.0 Å². The molecule has 2 heterocycles. The molecule has 2 N–H and O–H groups in total. The van der Waals surface area contributed by atoms with E-state index in [0.717, 1.165) is 30.1 Å². The maximum absolute atomic E-state index is 12.2. The number of carbonyl (C=O) groups is 1. The molecule has 0 spiro atoms. The van der Waals surface area contributed by atoms with E-state index < -0.39 is 5.60 Å². The summed E-state index contributed by atoms with van der Waals surface area (Å²) in [5, 5.41) is 6.74. The van der Waals surface area contributed by atoms with Crippen molar-refractivity contribution in [2.24, 2.45) is 4.99 Å². The van der Waals surface area contributed by atoms with Crippen LogP contribution in [0, 0.1) is 0 Å². The summed E-state index contributed by atoms with van der Waals surface area (Å²) < 4.78 is 10.8. The molecule has 158 valence electrons. The summed E-state index contributed by atoms with van der Waals surface area (Å²) in [6.07, 6.45) is 3.03. The molecule has 1 aliphatic rings. The predicted octanol–water partition coefficient (Wildman–Crippen LogP) is 3.56. The fraction of sp³-hybridized carbons (Fsp3) is 0.600. The lowest BCUT2D eigenvalue weighted by Crippen LogP contribution is -2.46. The van der Waals surface area contributed by atoms with Crippen LogP contribution in [0.4, 0.5) is 4.79 Å². The van der Waals surface area contributed by atoms with Gasteiger partial charge in [0.15, 0.2) is 5.96 Å². The molecule has 0 aliphatic carbocycles. The lowest BCUT2D eigenvalue weighted by atomic mass is 10.2. The van der Waals surface area contributed by atoms with Gasteiger partial charge in [0.05, 0.1) is 12.8 Å². The number of carbonyl (C=O) groups excluding carboxylic acids is 1. The Labute approximate surface area is 185 Å². The molecule has 0 saturated carbocycles. The Morgan fingerprint density at radius 1 is 1.46 bits per heavy atom. The number of nitrogens with zero attached hydrogens (tertiary/aromatic N) is 2. The van der Waals surface area contributed by atoms with E-state index in [9.17, 15) is 4.79 Å². The number of nitrogens with one attached hydrogen (secondary N) is 2. The fourth-order valence-electron chi connectivity index (χ4n) is 2.69. The molecule has 1 amide bonds. The van der Waals surface area contributed by atoms with Crippen molar-refractivity contribution in [1.82, 2.24) is 15.5 Å². The summed E-state index contributed by atoms with van der Waals surface area (Å²) in [4.78, 5) is 18.5. The Balaban J connectivity index is 0.00000392. The third kappa shape index (κ3) is 8.99. The van der Waals surface area contributed by atoms with E-state index >= 15 is 0 Å². The number of ether oxygens (including phenoxy) is 1. The van der Waals surface area contributed by atoms with Crippen LogP contribution in [-0.4, -0.2) is 54.8 Å². The second kappa shape index (κ2) is 11.3. The van der Waals surface area contributed by atoms with E-state index in [1.54, 1.807) is 11.2 Å². The minimum atomic E-state index is -0.482. The zero-order valence-electron chi connectivity index (χ0n) is 17.3. The molecule has 0 bridgehead atoms. The highest BCUT2D eigenvalue weighted by Gasteiger charge is 2.30. The SMILES string of the molecule is C=C(C)CN=C(NCCc1ccco1)NC1CCN(C(=O)OC(C)(C)C)C1.I. The molecule has 0 radical (unpaired) electrons. The van der Waals surface area contributed by atoms with Gasteiger partial charge in [-0.05, 0) is 46.2 Å². The molecule has 0 aromatic carbocycles. The molecule has 2 rings (SSSR count). The van der Waals surface area contributed by atoms with Crippen LogP contribution in [0.15, 0.2) is 40.0 Å². The minimum absolute atomic E-state index is 0. The summed E-state index contributed by atoms with van der Waals surface area (Å²) in [7, 11) is 0. The van der Waals surface area contributed by atoms with Crippen LogP contribution >= 0.6 is 24.0 Å². The van der Waals surface area contributed by atoms with Gasteiger partial charge in [0.1, 0.15) is 11.4 Å². The van der Waals surface area contributed by atoms with Crippen molar-refractivity contribution in [2.45, 2.75) is 52.2 Å². The first-order valence-electron chi connectivity index (χ1n) is 9.42. The molecule has 1 aliphatic heterocycles. The lowest BCUT2D eigenvalue weighted by Gasteiger charge is -2.24. The maximum Gasteiger partial charge on any atom is 0.410 e. The standard InChI is InChI=1S/C20H32N4O3.HI/c1-15(2)13-22-18(21-10-8-17-7-6-12-26-17)23-16-9-11-24(14-16)19(25)27-20(3,4)5;/h6-7,12,16H,1,8-11,13-14H2,2-5H3,(H2,21,22,23);1H. The van der Waals surface area contributed by atoms with Crippen LogP contribution < -0.4 is 10.6 Å². The van der Waals surface area contributed by atoms with Crippen molar-refractivity contribution in [1.29, 1.82) is 0 Å². The summed E-state index contributed by atoms with van der Waals surface area (Å²) in [6, 6.07) is 3.97. The topological polar surface area (TPSA) is 79.1 Å². The quantitative estimate of drug-likeness (QED) is 0.268. The molecule has 8 heteroatoms. The molecule has 1 saturated heterocycles. The number of hydrogen-bond donors (Lipinski definition) is 2. The zero-order valence-corrected chi connectivity index (χ0v) is 19.6. The van der Waals surface area contributed by atoms with E-state index in [0.29, 0.717) is 26.2 Å². The number of likely N-dealkylation sites (tertiary alicyclic amines) is 1. The number of halogens is 1. The maximum atomic E-state index is 12.2. The molecule has 1 unspecified atom stereocenters. The van der Waals surface area contributed by atoms with Crippen molar-refractivity contribution in [3.8, 4) is 0 Å². The molecular weight excluding hydrogens is 471 g/mol. The lowest BCUT2D eigenvalue weighted by molar-refractivity contribution is 0.0292. The second-order valence-electron chi connectivity index (χ2n) is 7.93. The average molecular weight is 504 g/mol. The summed E-state index contributed by atoms with van der Waals surface area (Å²) in [6.45, 7) is 14.0. The summed E-state index contributed by atoms with van der Waals surface area (Å²) in [5.41, 5.74) is 0.508. The number of guanidine groups is 1. The minimum Gasteiger partial charge on any atom is -0.469 e. The Kier molecular flexibility index (Phi) is 9.84. The third-order valence-electron chi connectivity index (χ3n) is 3.93. The third-order valence-corrected chi connectivity index (χ3v) is 3.93. The smallest absolute Gasteiger partial charge is 0.410 e. The van der Waals surface area contributed by atoms with Crippen LogP contribution in [-0.2, 0) is 11.2 Å². The van der Waals surface area contributed by atoms with Crippen LogP contribution in [0.5, 0.6) is 0 Å².